The standard InChI is InChI=1S/C31H24ClNO3/c1-18-10-24(34)14-27-20-4-3-5-25(12-20)36-17-21-11-22(7-9-30(21)32)31(35,29-16-33-15-19(29)2)23-6-8-26(18)28(27)13-23/h3-9,11-16,18,35H,2,10,17H2,1H3. The van der Waals surface area contributed by atoms with E-state index in [0.29, 0.717) is 39.5 Å². The Labute approximate surface area is 214 Å². The third kappa shape index (κ3) is 3.57. The van der Waals surface area contributed by atoms with Crippen molar-refractivity contribution in [2.75, 3.05) is 0 Å². The Hall–Kier alpha value is -3.73. The Bertz CT molecular complexity index is 1550. The summed E-state index contributed by atoms with van der Waals surface area (Å²) in [5.74, 6) is 0.775. The Morgan fingerprint density at radius 3 is 2.72 bits per heavy atom. The first-order valence-electron chi connectivity index (χ1n) is 11.9. The molecule has 3 aliphatic rings. The summed E-state index contributed by atoms with van der Waals surface area (Å²) < 4.78 is 6.14. The van der Waals surface area contributed by atoms with Crippen molar-refractivity contribution in [1.82, 2.24) is 0 Å². The van der Waals surface area contributed by atoms with Gasteiger partial charge in [-0.05, 0) is 81.3 Å². The smallest absolute Gasteiger partial charge is 0.156 e. The lowest BCUT2D eigenvalue weighted by Gasteiger charge is -2.32. The zero-order chi connectivity index (χ0) is 25.0. The van der Waals surface area contributed by atoms with E-state index in [9.17, 15) is 9.90 Å². The minimum absolute atomic E-state index is 0.0321. The monoisotopic (exact) mass is 493 g/mol. The third-order valence-corrected chi connectivity index (χ3v) is 7.65. The summed E-state index contributed by atoms with van der Waals surface area (Å²) in [6, 6.07) is 19.2. The van der Waals surface area contributed by atoms with Crippen molar-refractivity contribution in [1.29, 1.82) is 0 Å². The molecule has 36 heavy (non-hydrogen) atoms. The molecule has 0 saturated heterocycles. The highest BCUT2D eigenvalue weighted by atomic mass is 35.5. The predicted molar refractivity (Wildman–Crippen MR) is 142 cm³/mol. The normalized spacial score (nSPS) is 22.5. The zero-order valence-corrected chi connectivity index (χ0v) is 20.5. The van der Waals surface area contributed by atoms with Crippen LogP contribution in [0.4, 0.5) is 0 Å². The van der Waals surface area contributed by atoms with Crippen LogP contribution in [0.25, 0.3) is 5.57 Å². The number of hydrogen-bond acceptors (Lipinski definition) is 4. The minimum Gasteiger partial charge on any atom is -0.489 e. The molecule has 6 rings (SSSR count). The first-order valence-corrected chi connectivity index (χ1v) is 12.3. The lowest BCUT2D eigenvalue weighted by molar-refractivity contribution is -0.114. The van der Waals surface area contributed by atoms with Gasteiger partial charge in [-0.15, -0.1) is 0 Å². The van der Waals surface area contributed by atoms with Crippen LogP contribution < -0.4 is 4.74 Å². The number of benzene rings is 3. The van der Waals surface area contributed by atoms with Crippen LogP contribution in [0.3, 0.4) is 0 Å². The van der Waals surface area contributed by atoms with Gasteiger partial charge in [-0.2, -0.15) is 0 Å². The van der Waals surface area contributed by atoms with Gasteiger partial charge in [0.05, 0.1) is 0 Å². The summed E-state index contributed by atoms with van der Waals surface area (Å²) in [4.78, 5) is 17.2. The van der Waals surface area contributed by atoms with Gasteiger partial charge in [0.15, 0.2) is 5.78 Å². The second kappa shape index (κ2) is 8.44. The fraction of sp³-hybridized carbons (Fsp3) is 0.161. The number of hydrogen-bond donors (Lipinski definition) is 1. The Kier molecular flexibility index (Phi) is 5.32. The fourth-order valence-corrected chi connectivity index (χ4v) is 5.55. The van der Waals surface area contributed by atoms with Gasteiger partial charge >= 0.3 is 0 Å². The average Bonchev–Trinajstić information content (AvgIpc) is 3.26. The van der Waals surface area contributed by atoms with Crippen LogP contribution in [-0.2, 0) is 17.0 Å². The lowest BCUT2D eigenvalue weighted by atomic mass is 9.76. The number of allylic oxidation sites excluding steroid dienone is 1. The SMILES string of the molecule is C=C1C=NC=C1C1(O)c2ccc(Cl)c(c2)COc2cccc(c2)C2=CC(=O)CC(C)c3ccc1cc32. The molecule has 0 fully saturated rings. The van der Waals surface area contributed by atoms with Crippen molar-refractivity contribution in [3.05, 3.63) is 129 Å². The van der Waals surface area contributed by atoms with E-state index in [2.05, 4.69) is 18.5 Å². The van der Waals surface area contributed by atoms with Crippen molar-refractivity contribution >= 4 is 29.2 Å². The quantitative estimate of drug-likeness (QED) is 0.421. The molecule has 1 N–H and O–H groups in total. The first-order chi connectivity index (χ1) is 17.3. The predicted octanol–water partition coefficient (Wildman–Crippen LogP) is 6.50. The van der Waals surface area contributed by atoms with Crippen LogP contribution in [0.1, 0.15) is 52.6 Å². The van der Waals surface area contributed by atoms with Gasteiger partial charge in [-0.1, -0.05) is 55.4 Å². The van der Waals surface area contributed by atoms with Gasteiger partial charge < -0.3 is 9.84 Å². The molecule has 178 valence electrons. The molecule has 2 heterocycles. The zero-order valence-electron chi connectivity index (χ0n) is 19.8. The van der Waals surface area contributed by atoms with Gasteiger partial charge in [-0.3, -0.25) is 9.79 Å². The van der Waals surface area contributed by atoms with E-state index in [0.717, 1.165) is 27.8 Å². The van der Waals surface area contributed by atoms with Crippen LogP contribution in [0, 0.1) is 0 Å². The second-order valence-corrected chi connectivity index (χ2v) is 10.0. The Morgan fingerprint density at radius 2 is 1.92 bits per heavy atom. The number of aliphatic hydroxyl groups is 1. The summed E-state index contributed by atoms with van der Waals surface area (Å²) in [6.07, 6.45) is 5.45. The number of ketones is 1. The lowest BCUT2D eigenvalue weighted by Crippen LogP contribution is -2.31. The molecule has 3 aromatic rings. The molecule has 0 radical (unpaired) electrons. The number of aliphatic imine (C=N–C) groups is 1. The van der Waals surface area contributed by atoms with Crippen LogP contribution in [0.2, 0.25) is 5.02 Å². The molecule has 0 amide bonds. The summed E-state index contributed by atoms with van der Waals surface area (Å²) in [7, 11) is 0. The molecule has 6 bridgehead atoms. The van der Waals surface area contributed by atoms with E-state index in [-0.39, 0.29) is 18.3 Å². The van der Waals surface area contributed by atoms with Gasteiger partial charge in [0.2, 0.25) is 0 Å². The van der Waals surface area contributed by atoms with E-state index in [1.165, 1.54) is 0 Å². The molecular weight excluding hydrogens is 470 g/mol. The van der Waals surface area contributed by atoms with E-state index in [1.54, 1.807) is 24.6 Å². The number of carbonyl (C=O) groups is 1. The largest absolute Gasteiger partial charge is 0.489 e. The van der Waals surface area contributed by atoms with Crippen molar-refractivity contribution in [3.8, 4) is 5.75 Å². The topological polar surface area (TPSA) is 58.9 Å². The highest BCUT2D eigenvalue weighted by molar-refractivity contribution is 6.31. The maximum Gasteiger partial charge on any atom is 0.156 e. The summed E-state index contributed by atoms with van der Waals surface area (Å²) >= 11 is 6.55. The highest BCUT2D eigenvalue weighted by Gasteiger charge is 2.39. The molecule has 4 nitrogen and oxygen atoms in total. The van der Waals surface area contributed by atoms with Crippen molar-refractivity contribution in [2.45, 2.75) is 31.5 Å². The van der Waals surface area contributed by atoms with Crippen molar-refractivity contribution < 1.29 is 14.6 Å². The molecule has 2 unspecified atom stereocenters. The van der Waals surface area contributed by atoms with Crippen molar-refractivity contribution in [3.63, 3.8) is 0 Å². The van der Waals surface area contributed by atoms with Gasteiger partial charge in [0, 0.05) is 35.0 Å². The first kappa shape index (κ1) is 22.7. The third-order valence-electron chi connectivity index (χ3n) is 7.28. The van der Waals surface area contributed by atoms with Gasteiger partial charge in [0.1, 0.15) is 18.0 Å². The van der Waals surface area contributed by atoms with Gasteiger partial charge in [0.25, 0.3) is 0 Å². The average molecular weight is 494 g/mol. The molecule has 1 aliphatic carbocycles. The Morgan fingerprint density at radius 1 is 1.11 bits per heavy atom. The summed E-state index contributed by atoms with van der Waals surface area (Å²) in [5, 5.41) is 13.1. The van der Waals surface area contributed by atoms with Crippen LogP contribution in [0.15, 0.2) is 95.7 Å². The van der Waals surface area contributed by atoms with E-state index in [1.807, 2.05) is 54.6 Å². The molecule has 2 aliphatic heterocycles. The van der Waals surface area contributed by atoms with Crippen molar-refractivity contribution in [2.24, 2.45) is 4.99 Å². The molecule has 0 spiro atoms. The number of nitrogens with zero attached hydrogens (tertiary/aromatic N) is 1. The second-order valence-electron chi connectivity index (χ2n) is 9.61. The van der Waals surface area contributed by atoms with Crippen LogP contribution in [-0.4, -0.2) is 17.1 Å². The molecule has 2 atom stereocenters. The van der Waals surface area contributed by atoms with Crippen LogP contribution in [0.5, 0.6) is 5.75 Å². The van der Waals surface area contributed by atoms with Gasteiger partial charge in [-0.25, -0.2) is 0 Å². The number of ether oxygens (including phenoxy) is 1. The molecule has 0 saturated carbocycles. The maximum absolute atomic E-state index is 12.9. The molecule has 0 aromatic heterocycles. The van der Waals surface area contributed by atoms with E-state index in [4.69, 9.17) is 16.3 Å². The minimum atomic E-state index is -1.54. The number of fused-ring (bicyclic) bond motifs is 6. The molecule has 3 aromatic carbocycles. The summed E-state index contributed by atoms with van der Waals surface area (Å²) in [6.45, 7) is 6.41. The number of carbonyl (C=O) groups excluding carboxylic acids is 1. The number of rotatable bonds is 1. The Balaban J connectivity index is 1.70. The van der Waals surface area contributed by atoms with E-state index < -0.39 is 5.60 Å². The highest BCUT2D eigenvalue weighted by Crippen LogP contribution is 2.45. The number of halogens is 1. The molecular formula is C31H24ClNO3. The van der Waals surface area contributed by atoms with Crippen LogP contribution >= 0.6 is 11.6 Å². The maximum atomic E-state index is 12.9. The van der Waals surface area contributed by atoms with E-state index >= 15 is 0 Å². The summed E-state index contributed by atoms with van der Waals surface area (Å²) in [5.41, 5.74) is 5.40. The molecule has 5 heteroatoms. The fourth-order valence-electron chi connectivity index (χ4n) is 5.38.